The van der Waals surface area contributed by atoms with E-state index in [9.17, 15) is 10.2 Å². The molecule has 1 heterocycles. The van der Waals surface area contributed by atoms with Crippen molar-refractivity contribution in [1.29, 1.82) is 0 Å². The van der Waals surface area contributed by atoms with Gasteiger partial charge >= 0.3 is 0 Å². The van der Waals surface area contributed by atoms with Gasteiger partial charge in [-0.2, -0.15) is 0 Å². The van der Waals surface area contributed by atoms with Gasteiger partial charge in [0, 0.05) is 5.56 Å². The first-order valence-corrected chi connectivity index (χ1v) is 7.13. The van der Waals surface area contributed by atoms with Crippen LogP contribution in [-0.2, 0) is 0 Å². The molecule has 3 nitrogen and oxygen atoms in total. The summed E-state index contributed by atoms with van der Waals surface area (Å²) in [4.78, 5) is 0. The first kappa shape index (κ1) is 11.4. The van der Waals surface area contributed by atoms with E-state index in [4.69, 9.17) is 4.74 Å². The number of rotatable bonds is 1. The smallest absolute Gasteiger partial charge is 0.215 e. The lowest BCUT2D eigenvalue weighted by Gasteiger charge is -2.39. The third kappa shape index (κ3) is 1.15. The summed E-state index contributed by atoms with van der Waals surface area (Å²) in [6.07, 6.45) is 3.72. The predicted molar refractivity (Wildman–Crippen MR) is 71.8 cm³/mol. The molecule has 4 rings (SSSR count). The second-order valence-corrected chi connectivity index (χ2v) is 7.26. The fraction of sp³-hybridized carbons (Fsp3) is 0.625. The zero-order chi connectivity index (χ0) is 13.6. The van der Waals surface area contributed by atoms with Gasteiger partial charge in [-0.15, -0.1) is 0 Å². The Hall–Kier alpha value is -1.38. The molecule has 2 bridgehead atoms. The quantitative estimate of drug-likeness (QED) is 0.598. The van der Waals surface area contributed by atoms with Gasteiger partial charge in [0.05, 0.1) is 0 Å². The Labute approximate surface area is 113 Å². The van der Waals surface area contributed by atoms with E-state index in [1.54, 1.807) is 6.07 Å². The topological polar surface area (TPSA) is 53.0 Å². The Bertz CT molecular complexity index is 586. The Balaban J connectivity index is 1.83. The second kappa shape index (κ2) is 3.02. The van der Waals surface area contributed by atoms with Crippen LogP contribution in [0.25, 0.3) is 0 Å². The number of hydrogen-bond acceptors (Lipinski definition) is 3. The summed E-state index contributed by atoms with van der Waals surface area (Å²) in [6, 6.07) is 1.72. The van der Waals surface area contributed by atoms with Crippen LogP contribution in [-0.4, -0.2) is 10.2 Å². The molecule has 2 fully saturated rings. The molecule has 1 aromatic rings. The van der Waals surface area contributed by atoms with E-state index in [1.165, 1.54) is 19.3 Å². The lowest BCUT2D eigenvalue weighted by molar-refractivity contribution is 0.134. The monoisotopic (exact) mass is 260 g/mol. The van der Waals surface area contributed by atoms with Crippen molar-refractivity contribution in [3.05, 3.63) is 11.6 Å². The summed E-state index contributed by atoms with van der Waals surface area (Å²) in [7, 11) is 0. The van der Waals surface area contributed by atoms with Gasteiger partial charge in [0.15, 0.2) is 11.5 Å². The normalized spacial score (nSPS) is 37.0. The molecule has 0 spiro atoms. The molecule has 1 aliphatic heterocycles. The van der Waals surface area contributed by atoms with Crippen LogP contribution < -0.4 is 4.74 Å². The van der Waals surface area contributed by atoms with Crippen LogP contribution in [0, 0.1) is 16.7 Å². The molecule has 3 unspecified atom stereocenters. The van der Waals surface area contributed by atoms with Crippen molar-refractivity contribution in [3.63, 3.8) is 0 Å². The zero-order valence-electron chi connectivity index (χ0n) is 11.7. The third-order valence-electron chi connectivity index (χ3n) is 6.55. The number of phenolic OH excluding ortho intramolecular Hbond substituents is 2. The van der Waals surface area contributed by atoms with Crippen LogP contribution in [0.4, 0.5) is 0 Å². The van der Waals surface area contributed by atoms with Crippen molar-refractivity contribution >= 4 is 0 Å². The minimum Gasteiger partial charge on any atom is -0.504 e. The lowest BCUT2D eigenvalue weighted by atomic mass is 9.65. The highest BCUT2D eigenvalue weighted by atomic mass is 16.6. The third-order valence-corrected chi connectivity index (χ3v) is 6.55. The fourth-order valence-corrected chi connectivity index (χ4v) is 4.75. The molecule has 2 N–H and O–H groups in total. The Morgan fingerprint density at radius 1 is 1.21 bits per heavy atom. The summed E-state index contributed by atoms with van der Waals surface area (Å²) in [5.74, 6) is 2.34. The number of hydrogen-bond donors (Lipinski definition) is 2. The average molecular weight is 260 g/mol. The molecule has 0 amide bonds. The van der Waals surface area contributed by atoms with Gasteiger partial charge < -0.3 is 14.9 Å². The largest absolute Gasteiger partial charge is 0.504 e. The second-order valence-electron chi connectivity index (χ2n) is 7.26. The maximum Gasteiger partial charge on any atom is 0.215 e. The SMILES string of the molecule is CC1(C)C2CCC1(C)C(c1cc(O)c(O)c3c1O3)C2. The summed E-state index contributed by atoms with van der Waals surface area (Å²) < 4.78 is 5.40. The first-order valence-electron chi connectivity index (χ1n) is 7.13. The molecular weight excluding hydrogens is 240 g/mol. The van der Waals surface area contributed by atoms with Crippen LogP contribution >= 0.6 is 0 Å². The van der Waals surface area contributed by atoms with E-state index in [2.05, 4.69) is 20.8 Å². The van der Waals surface area contributed by atoms with Gasteiger partial charge in [0.1, 0.15) is 0 Å². The molecule has 3 heteroatoms. The number of phenols is 2. The Kier molecular flexibility index (Phi) is 1.82. The molecule has 0 aromatic heterocycles. The van der Waals surface area contributed by atoms with E-state index in [0.29, 0.717) is 17.1 Å². The van der Waals surface area contributed by atoms with Gasteiger partial charge in [-0.3, -0.25) is 0 Å². The first-order chi connectivity index (χ1) is 8.86. The molecule has 0 radical (unpaired) electrons. The highest BCUT2D eigenvalue weighted by Crippen LogP contribution is 2.73. The van der Waals surface area contributed by atoms with Crippen LogP contribution in [0.5, 0.6) is 23.0 Å². The lowest BCUT2D eigenvalue weighted by Crippen LogP contribution is -2.31. The Morgan fingerprint density at radius 2 is 1.95 bits per heavy atom. The maximum atomic E-state index is 9.83. The molecule has 2 saturated carbocycles. The number of aromatic hydroxyl groups is 2. The summed E-state index contributed by atoms with van der Waals surface area (Å²) in [5.41, 5.74) is 1.70. The van der Waals surface area contributed by atoms with E-state index in [1.807, 2.05) is 0 Å². The minimum absolute atomic E-state index is 0.0459. The molecule has 0 saturated heterocycles. The van der Waals surface area contributed by atoms with Gasteiger partial charge in [0.25, 0.3) is 0 Å². The van der Waals surface area contributed by atoms with Gasteiger partial charge in [-0.1, -0.05) is 20.8 Å². The summed E-state index contributed by atoms with van der Waals surface area (Å²) in [5, 5.41) is 19.5. The van der Waals surface area contributed by atoms with E-state index in [-0.39, 0.29) is 16.9 Å². The highest BCUT2D eigenvalue weighted by molar-refractivity contribution is 5.72. The van der Waals surface area contributed by atoms with E-state index in [0.717, 1.165) is 17.2 Å². The minimum atomic E-state index is -0.105. The molecule has 102 valence electrons. The number of fused-ring (bicyclic) bond motifs is 3. The van der Waals surface area contributed by atoms with Crippen molar-refractivity contribution in [3.8, 4) is 23.0 Å². The van der Waals surface area contributed by atoms with Crippen molar-refractivity contribution in [2.75, 3.05) is 0 Å². The Morgan fingerprint density at radius 3 is 2.53 bits per heavy atom. The molecular formula is C16H20O3. The van der Waals surface area contributed by atoms with Crippen LogP contribution in [0.15, 0.2) is 6.07 Å². The average Bonchev–Trinajstić information content (AvgIpc) is 3.07. The molecule has 3 atom stereocenters. The van der Waals surface area contributed by atoms with Crippen molar-refractivity contribution in [2.24, 2.45) is 16.7 Å². The predicted octanol–water partition coefficient (Wildman–Crippen LogP) is 4.13. The van der Waals surface area contributed by atoms with Crippen molar-refractivity contribution in [1.82, 2.24) is 0 Å². The van der Waals surface area contributed by atoms with Gasteiger partial charge in [-0.05, 0) is 48.0 Å². The van der Waals surface area contributed by atoms with Crippen LogP contribution in [0.3, 0.4) is 0 Å². The molecule has 2 aliphatic carbocycles. The van der Waals surface area contributed by atoms with E-state index < -0.39 is 0 Å². The molecule has 19 heavy (non-hydrogen) atoms. The van der Waals surface area contributed by atoms with Gasteiger partial charge in [0.2, 0.25) is 11.5 Å². The maximum absolute atomic E-state index is 9.83. The van der Waals surface area contributed by atoms with Gasteiger partial charge in [-0.25, -0.2) is 0 Å². The van der Waals surface area contributed by atoms with Crippen molar-refractivity contribution < 1.29 is 14.9 Å². The number of benzene rings is 1. The molecule has 3 aliphatic rings. The number of ether oxygens (including phenoxy) is 1. The summed E-state index contributed by atoms with van der Waals surface area (Å²) in [6.45, 7) is 7.14. The standard InChI is InChI=1S/C16H20O3/c1-15(2)8-4-5-16(15,3)10(6-8)9-7-11(17)12(18)14-13(9)19-14/h7-8,10,17-18H,4-6H2,1-3H3. The van der Waals surface area contributed by atoms with E-state index >= 15 is 0 Å². The summed E-state index contributed by atoms with van der Waals surface area (Å²) >= 11 is 0. The zero-order valence-corrected chi connectivity index (χ0v) is 11.7. The molecule has 1 aromatic carbocycles. The highest BCUT2D eigenvalue weighted by Gasteiger charge is 2.62. The van der Waals surface area contributed by atoms with Crippen LogP contribution in [0.1, 0.15) is 51.5 Å². The van der Waals surface area contributed by atoms with Crippen LogP contribution in [0.2, 0.25) is 0 Å². The van der Waals surface area contributed by atoms with Crippen molar-refractivity contribution in [2.45, 2.75) is 46.0 Å². The fourth-order valence-electron chi connectivity index (χ4n) is 4.75.